The van der Waals surface area contributed by atoms with E-state index in [1.807, 2.05) is 62.4 Å². The average molecular weight is 394 g/mol. The van der Waals surface area contributed by atoms with E-state index in [4.69, 9.17) is 9.47 Å². The van der Waals surface area contributed by atoms with Crippen molar-refractivity contribution in [3.8, 4) is 11.5 Å². The topological polar surface area (TPSA) is 67.9 Å². The number of hydrogen-bond acceptors (Lipinski definition) is 4. The minimum Gasteiger partial charge on any atom is -0.490 e. The zero-order valence-corrected chi connectivity index (χ0v) is 17.0. The fraction of sp³-hybridized carbons (Fsp3) is 0.304. The van der Waals surface area contributed by atoms with Gasteiger partial charge in [0.15, 0.2) is 11.5 Å². The van der Waals surface area contributed by atoms with E-state index in [1.165, 1.54) is 0 Å². The van der Waals surface area contributed by atoms with Crippen molar-refractivity contribution in [2.24, 2.45) is 0 Å². The molecule has 3 rings (SSSR count). The highest BCUT2D eigenvalue weighted by Gasteiger charge is 2.20. The van der Waals surface area contributed by atoms with Crippen molar-refractivity contribution in [2.45, 2.75) is 27.3 Å². The molecule has 2 amide bonds. The smallest absolute Gasteiger partial charge is 0.255 e. The number of carbonyl (C=O) groups excluding carboxylic acids is 2. The van der Waals surface area contributed by atoms with Crippen molar-refractivity contribution in [3.05, 3.63) is 59.2 Å². The van der Waals surface area contributed by atoms with E-state index in [2.05, 4.69) is 5.32 Å². The molecule has 152 valence electrons. The monoisotopic (exact) mass is 394 g/mol. The van der Waals surface area contributed by atoms with E-state index < -0.39 is 0 Å². The summed E-state index contributed by atoms with van der Waals surface area (Å²) in [5.74, 6) is 1.15. The van der Waals surface area contributed by atoms with Crippen LogP contribution in [-0.4, -0.2) is 36.5 Å². The molecule has 0 saturated heterocycles. The number of hydrogen-bond donors (Lipinski definition) is 1. The second-order valence-corrected chi connectivity index (χ2v) is 6.75. The predicted molar refractivity (Wildman–Crippen MR) is 113 cm³/mol. The molecule has 0 atom stereocenters. The van der Waals surface area contributed by atoms with Crippen LogP contribution in [0.5, 0.6) is 11.5 Å². The van der Waals surface area contributed by atoms with Gasteiger partial charge in [-0.2, -0.15) is 0 Å². The van der Waals surface area contributed by atoms with E-state index in [0.29, 0.717) is 42.5 Å². The first kappa shape index (κ1) is 20.5. The fourth-order valence-electron chi connectivity index (χ4n) is 3.21. The summed E-state index contributed by atoms with van der Waals surface area (Å²) in [5, 5.41) is 2.92. The van der Waals surface area contributed by atoms with Crippen molar-refractivity contribution < 1.29 is 19.1 Å². The Morgan fingerprint density at radius 1 is 1.17 bits per heavy atom. The predicted octanol–water partition coefficient (Wildman–Crippen LogP) is 3.87. The Morgan fingerprint density at radius 2 is 1.97 bits per heavy atom. The second-order valence-electron chi connectivity index (χ2n) is 6.75. The number of fused-ring (bicyclic) bond motifs is 1. The average Bonchev–Trinajstić information content (AvgIpc) is 2.72. The van der Waals surface area contributed by atoms with Gasteiger partial charge in [-0.15, -0.1) is 0 Å². The summed E-state index contributed by atoms with van der Waals surface area (Å²) in [6, 6.07) is 13.2. The van der Waals surface area contributed by atoms with Gasteiger partial charge in [-0.05, 0) is 43.7 Å². The standard InChI is InChI=1S/C23H26N2O4/c1-4-25(16(3)26)14-17-8-6-10-20(12-17)24-23(27)19-13-18-9-7-11-21(28-5-2)22(18)29-15-19/h6-13H,4-5,14-15H2,1-3H3,(H,24,27). The van der Waals surface area contributed by atoms with Crippen molar-refractivity contribution in [1.29, 1.82) is 0 Å². The maximum absolute atomic E-state index is 12.7. The minimum atomic E-state index is -0.214. The zero-order valence-electron chi connectivity index (χ0n) is 17.0. The third kappa shape index (κ3) is 4.96. The molecule has 2 aromatic rings. The highest BCUT2D eigenvalue weighted by Crippen LogP contribution is 2.35. The lowest BCUT2D eigenvalue weighted by Gasteiger charge is -2.21. The number of benzene rings is 2. The Balaban J connectivity index is 1.73. The Bertz CT molecular complexity index is 936. The highest BCUT2D eigenvalue weighted by atomic mass is 16.5. The van der Waals surface area contributed by atoms with Crippen molar-refractivity contribution in [1.82, 2.24) is 4.90 Å². The van der Waals surface area contributed by atoms with E-state index in [1.54, 1.807) is 11.8 Å². The quantitative estimate of drug-likeness (QED) is 0.774. The molecule has 0 aliphatic carbocycles. The van der Waals surface area contributed by atoms with Crippen LogP contribution in [0.25, 0.3) is 6.08 Å². The molecule has 6 heteroatoms. The molecule has 6 nitrogen and oxygen atoms in total. The van der Waals surface area contributed by atoms with Gasteiger partial charge in [-0.25, -0.2) is 0 Å². The minimum absolute atomic E-state index is 0.0246. The van der Waals surface area contributed by atoms with Gasteiger partial charge >= 0.3 is 0 Å². The fourth-order valence-corrected chi connectivity index (χ4v) is 3.21. The summed E-state index contributed by atoms with van der Waals surface area (Å²) in [6.45, 7) is 7.29. The SMILES string of the molecule is CCOc1cccc2c1OCC(C(=O)Nc1cccc(CN(CC)C(C)=O)c1)=C2. The summed E-state index contributed by atoms with van der Waals surface area (Å²) in [5.41, 5.74) is 3.00. The molecule has 29 heavy (non-hydrogen) atoms. The normalized spacial score (nSPS) is 12.3. The van der Waals surface area contributed by atoms with E-state index >= 15 is 0 Å². The summed E-state index contributed by atoms with van der Waals surface area (Å²) in [4.78, 5) is 26.1. The Kier molecular flexibility index (Phi) is 6.54. The van der Waals surface area contributed by atoms with Crippen LogP contribution in [0.3, 0.4) is 0 Å². The van der Waals surface area contributed by atoms with Crippen LogP contribution in [0.4, 0.5) is 5.69 Å². The number of nitrogens with one attached hydrogen (secondary N) is 1. The third-order valence-electron chi connectivity index (χ3n) is 4.69. The molecule has 1 heterocycles. The lowest BCUT2D eigenvalue weighted by molar-refractivity contribution is -0.129. The van der Waals surface area contributed by atoms with Crippen molar-refractivity contribution in [2.75, 3.05) is 25.1 Å². The second kappa shape index (κ2) is 9.28. The van der Waals surface area contributed by atoms with Gasteiger partial charge in [-0.1, -0.05) is 24.3 Å². The molecule has 0 radical (unpaired) electrons. The van der Waals surface area contributed by atoms with Gasteiger partial charge < -0.3 is 19.7 Å². The van der Waals surface area contributed by atoms with Gasteiger partial charge in [0.1, 0.15) is 6.61 Å². The van der Waals surface area contributed by atoms with Crippen LogP contribution in [0, 0.1) is 0 Å². The highest BCUT2D eigenvalue weighted by molar-refractivity contribution is 6.07. The zero-order chi connectivity index (χ0) is 20.8. The van der Waals surface area contributed by atoms with E-state index in [-0.39, 0.29) is 18.4 Å². The number of anilines is 1. The molecular weight excluding hydrogens is 368 g/mol. The number of para-hydroxylation sites is 1. The lowest BCUT2D eigenvalue weighted by atomic mass is 10.1. The van der Waals surface area contributed by atoms with Crippen LogP contribution in [0.15, 0.2) is 48.0 Å². The number of ether oxygens (including phenoxy) is 2. The molecule has 1 aliphatic heterocycles. The van der Waals surface area contributed by atoms with Crippen molar-refractivity contribution in [3.63, 3.8) is 0 Å². The first-order valence-electron chi connectivity index (χ1n) is 9.76. The van der Waals surface area contributed by atoms with Gasteiger partial charge in [0.25, 0.3) is 5.91 Å². The Labute approximate surface area is 171 Å². The molecule has 2 aromatic carbocycles. The molecule has 1 N–H and O–H groups in total. The maximum atomic E-state index is 12.7. The summed E-state index contributed by atoms with van der Waals surface area (Å²) in [6.07, 6.45) is 1.83. The Morgan fingerprint density at radius 3 is 2.69 bits per heavy atom. The van der Waals surface area contributed by atoms with Crippen LogP contribution < -0.4 is 14.8 Å². The molecule has 0 saturated carbocycles. The molecule has 1 aliphatic rings. The molecule has 0 aromatic heterocycles. The van der Waals surface area contributed by atoms with E-state index in [9.17, 15) is 9.59 Å². The van der Waals surface area contributed by atoms with E-state index in [0.717, 1.165) is 11.1 Å². The maximum Gasteiger partial charge on any atom is 0.255 e. The number of amides is 2. The van der Waals surface area contributed by atoms with Gasteiger partial charge in [0.05, 0.1) is 12.2 Å². The number of rotatable bonds is 7. The molecular formula is C23H26N2O4. The first-order valence-corrected chi connectivity index (χ1v) is 9.76. The molecule has 0 spiro atoms. The van der Waals surface area contributed by atoms with Crippen LogP contribution in [-0.2, 0) is 16.1 Å². The number of nitrogens with zero attached hydrogens (tertiary/aromatic N) is 1. The van der Waals surface area contributed by atoms with Crippen LogP contribution in [0.1, 0.15) is 31.9 Å². The Hall–Kier alpha value is -3.28. The molecule has 0 bridgehead atoms. The van der Waals surface area contributed by atoms with Crippen molar-refractivity contribution >= 4 is 23.6 Å². The molecule has 0 fully saturated rings. The molecule has 0 unspecified atom stereocenters. The lowest BCUT2D eigenvalue weighted by Crippen LogP contribution is -2.27. The van der Waals surface area contributed by atoms with Crippen LogP contribution >= 0.6 is 0 Å². The number of carbonyl (C=O) groups is 2. The van der Waals surface area contributed by atoms with Crippen LogP contribution in [0.2, 0.25) is 0 Å². The largest absolute Gasteiger partial charge is 0.490 e. The summed E-state index contributed by atoms with van der Waals surface area (Å²) >= 11 is 0. The van der Waals surface area contributed by atoms with Gasteiger partial charge in [0.2, 0.25) is 5.91 Å². The third-order valence-corrected chi connectivity index (χ3v) is 4.69. The summed E-state index contributed by atoms with van der Waals surface area (Å²) in [7, 11) is 0. The summed E-state index contributed by atoms with van der Waals surface area (Å²) < 4.78 is 11.4. The van der Waals surface area contributed by atoms with Gasteiger partial charge in [0, 0.05) is 31.3 Å². The first-order chi connectivity index (χ1) is 14.0. The van der Waals surface area contributed by atoms with Gasteiger partial charge in [-0.3, -0.25) is 9.59 Å².